The van der Waals surface area contributed by atoms with Crippen molar-refractivity contribution in [2.24, 2.45) is 0 Å². The smallest absolute Gasteiger partial charge is 0.266 e. The van der Waals surface area contributed by atoms with Gasteiger partial charge in [0.15, 0.2) is 5.16 Å². The van der Waals surface area contributed by atoms with E-state index in [1.165, 1.54) is 18.7 Å². The highest BCUT2D eigenvalue weighted by Crippen LogP contribution is 2.24. The number of benzene rings is 2. The van der Waals surface area contributed by atoms with Crippen molar-refractivity contribution in [1.82, 2.24) is 9.55 Å². The number of thioether (sulfide) groups is 1. The van der Waals surface area contributed by atoms with Gasteiger partial charge in [0.1, 0.15) is 5.78 Å². The zero-order valence-corrected chi connectivity index (χ0v) is 14.8. The molecular weight excluding hydrogens is 344 g/mol. The summed E-state index contributed by atoms with van der Waals surface area (Å²) >= 11 is 7.28. The quantitative estimate of drug-likeness (QED) is 0.522. The normalized spacial score (nSPS) is 11.0. The lowest BCUT2D eigenvalue weighted by atomic mass is 10.2. The maximum Gasteiger partial charge on any atom is 0.266 e. The fourth-order valence-electron chi connectivity index (χ4n) is 2.43. The molecule has 1 aromatic heterocycles. The first-order valence-corrected chi connectivity index (χ1v) is 8.74. The van der Waals surface area contributed by atoms with E-state index in [-0.39, 0.29) is 17.1 Å². The monoisotopic (exact) mass is 358 g/mol. The van der Waals surface area contributed by atoms with E-state index in [1.54, 1.807) is 22.8 Å². The SMILES string of the molecule is CC(=O)CSc1nc2cc(Cl)ccc2c(=O)n1-c1ccccc1C. The number of fused-ring (bicyclic) bond motifs is 1. The zero-order chi connectivity index (χ0) is 17.3. The van der Waals surface area contributed by atoms with Gasteiger partial charge in [0.25, 0.3) is 5.56 Å². The van der Waals surface area contributed by atoms with Gasteiger partial charge in [-0.3, -0.25) is 14.2 Å². The maximum atomic E-state index is 13.0. The van der Waals surface area contributed by atoms with Gasteiger partial charge in [-0.05, 0) is 43.7 Å². The van der Waals surface area contributed by atoms with Crippen molar-refractivity contribution in [3.8, 4) is 5.69 Å². The summed E-state index contributed by atoms with van der Waals surface area (Å²) in [5, 5.41) is 1.50. The Labute approximate surface area is 148 Å². The van der Waals surface area contributed by atoms with Crippen LogP contribution < -0.4 is 5.56 Å². The molecule has 3 aromatic rings. The van der Waals surface area contributed by atoms with Crippen molar-refractivity contribution in [3.63, 3.8) is 0 Å². The minimum absolute atomic E-state index is 0.0248. The first-order valence-electron chi connectivity index (χ1n) is 7.38. The second-order valence-electron chi connectivity index (χ2n) is 5.47. The van der Waals surface area contributed by atoms with E-state index < -0.39 is 0 Å². The number of aromatic nitrogens is 2. The lowest BCUT2D eigenvalue weighted by Gasteiger charge is -2.14. The second kappa shape index (κ2) is 6.79. The Morgan fingerprint density at radius 2 is 2.00 bits per heavy atom. The van der Waals surface area contributed by atoms with Crippen LogP contribution in [-0.4, -0.2) is 21.1 Å². The highest BCUT2D eigenvalue weighted by atomic mass is 35.5. The van der Waals surface area contributed by atoms with Gasteiger partial charge >= 0.3 is 0 Å². The summed E-state index contributed by atoms with van der Waals surface area (Å²) < 4.78 is 1.57. The minimum Gasteiger partial charge on any atom is -0.299 e. The molecule has 0 saturated carbocycles. The van der Waals surface area contributed by atoms with Crippen LogP contribution in [0.1, 0.15) is 12.5 Å². The van der Waals surface area contributed by atoms with Gasteiger partial charge < -0.3 is 0 Å². The van der Waals surface area contributed by atoms with Crippen LogP contribution in [0.5, 0.6) is 0 Å². The predicted octanol–water partition coefficient (Wildman–Crippen LogP) is 4.03. The lowest BCUT2D eigenvalue weighted by Crippen LogP contribution is -2.22. The highest BCUT2D eigenvalue weighted by molar-refractivity contribution is 7.99. The number of hydrogen-bond donors (Lipinski definition) is 0. The molecule has 0 spiro atoms. The lowest BCUT2D eigenvalue weighted by molar-refractivity contribution is -0.114. The fraction of sp³-hybridized carbons (Fsp3) is 0.167. The summed E-state index contributed by atoms with van der Waals surface area (Å²) in [6.45, 7) is 3.45. The Morgan fingerprint density at radius 1 is 1.25 bits per heavy atom. The molecule has 0 N–H and O–H groups in total. The van der Waals surface area contributed by atoms with Crippen LogP contribution in [0.15, 0.2) is 52.4 Å². The summed E-state index contributed by atoms with van der Waals surface area (Å²) in [6.07, 6.45) is 0. The van der Waals surface area contributed by atoms with E-state index >= 15 is 0 Å². The number of aryl methyl sites for hydroxylation is 1. The number of nitrogens with zero attached hydrogens (tertiary/aromatic N) is 2. The molecule has 0 fully saturated rings. The fourth-order valence-corrected chi connectivity index (χ4v) is 3.40. The average Bonchev–Trinajstić information content (AvgIpc) is 2.54. The van der Waals surface area contributed by atoms with Crippen LogP contribution in [-0.2, 0) is 4.79 Å². The Bertz CT molecular complexity index is 998. The van der Waals surface area contributed by atoms with Gasteiger partial charge in [-0.2, -0.15) is 0 Å². The molecule has 0 unspecified atom stereocenters. The molecule has 4 nitrogen and oxygen atoms in total. The van der Waals surface area contributed by atoms with Crippen LogP contribution in [0.4, 0.5) is 0 Å². The van der Waals surface area contributed by atoms with Gasteiger partial charge in [0.05, 0.1) is 22.3 Å². The molecule has 0 bridgehead atoms. The molecule has 0 saturated heterocycles. The van der Waals surface area contributed by atoms with Crippen molar-refractivity contribution in [2.75, 3.05) is 5.75 Å². The molecule has 122 valence electrons. The molecule has 0 aliphatic rings. The van der Waals surface area contributed by atoms with Crippen molar-refractivity contribution < 1.29 is 4.79 Å². The molecule has 2 aromatic carbocycles. The van der Waals surface area contributed by atoms with Crippen molar-refractivity contribution in [3.05, 3.63) is 63.4 Å². The number of para-hydroxylation sites is 1. The second-order valence-corrected chi connectivity index (χ2v) is 6.85. The van der Waals surface area contributed by atoms with Gasteiger partial charge in [0.2, 0.25) is 0 Å². The zero-order valence-electron chi connectivity index (χ0n) is 13.2. The largest absolute Gasteiger partial charge is 0.299 e. The number of carbonyl (C=O) groups is 1. The topological polar surface area (TPSA) is 52.0 Å². The molecule has 24 heavy (non-hydrogen) atoms. The standard InChI is InChI=1S/C18H15ClN2O2S/c1-11-5-3-4-6-16(11)21-17(23)14-8-7-13(19)9-15(14)20-18(21)24-10-12(2)22/h3-9H,10H2,1-2H3. The van der Waals surface area contributed by atoms with Gasteiger partial charge in [-0.25, -0.2) is 4.98 Å². The molecule has 6 heteroatoms. The van der Waals surface area contributed by atoms with E-state index in [0.29, 0.717) is 21.1 Å². The summed E-state index contributed by atoms with van der Waals surface area (Å²) in [4.78, 5) is 29.0. The predicted molar refractivity (Wildman–Crippen MR) is 98.5 cm³/mol. The Kier molecular flexibility index (Phi) is 4.73. The summed E-state index contributed by atoms with van der Waals surface area (Å²) in [5.41, 5.74) is 2.08. The third kappa shape index (κ3) is 3.23. The third-order valence-electron chi connectivity index (χ3n) is 3.56. The minimum atomic E-state index is -0.169. The van der Waals surface area contributed by atoms with E-state index in [0.717, 1.165) is 11.3 Å². The summed E-state index contributed by atoms with van der Waals surface area (Å²) in [5.74, 6) is 0.279. The van der Waals surface area contributed by atoms with Crippen molar-refractivity contribution in [1.29, 1.82) is 0 Å². The molecule has 0 amide bonds. The van der Waals surface area contributed by atoms with Crippen LogP contribution in [0, 0.1) is 6.92 Å². The molecule has 0 radical (unpaired) electrons. The molecule has 0 aliphatic carbocycles. The third-order valence-corrected chi connectivity index (χ3v) is 4.88. The van der Waals surface area contributed by atoms with E-state index in [9.17, 15) is 9.59 Å². The number of rotatable bonds is 4. The number of Topliss-reactive ketones (excluding diaryl/α,β-unsaturated/α-hetero) is 1. The van der Waals surface area contributed by atoms with Gasteiger partial charge in [0, 0.05) is 5.02 Å². The first kappa shape index (κ1) is 16.7. The van der Waals surface area contributed by atoms with Gasteiger partial charge in [-0.15, -0.1) is 0 Å². The van der Waals surface area contributed by atoms with Crippen LogP contribution in [0.2, 0.25) is 5.02 Å². The molecule has 0 aliphatic heterocycles. The molecule has 3 rings (SSSR count). The highest BCUT2D eigenvalue weighted by Gasteiger charge is 2.15. The van der Waals surface area contributed by atoms with Crippen LogP contribution in [0.25, 0.3) is 16.6 Å². The number of halogens is 1. The van der Waals surface area contributed by atoms with Crippen molar-refractivity contribution in [2.45, 2.75) is 19.0 Å². The van der Waals surface area contributed by atoms with E-state index in [2.05, 4.69) is 4.98 Å². The molecule has 0 atom stereocenters. The first-order chi connectivity index (χ1) is 11.5. The number of carbonyl (C=O) groups excluding carboxylic acids is 1. The Morgan fingerprint density at radius 3 is 2.71 bits per heavy atom. The summed E-state index contributed by atoms with van der Waals surface area (Å²) in [7, 11) is 0. The van der Waals surface area contributed by atoms with E-state index in [4.69, 9.17) is 11.6 Å². The number of hydrogen-bond acceptors (Lipinski definition) is 4. The van der Waals surface area contributed by atoms with Crippen molar-refractivity contribution >= 4 is 40.0 Å². The molecule has 1 heterocycles. The summed E-state index contributed by atoms with van der Waals surface area (Å²) in [6, 6.07) is 12.6. The van der Waals surface area contributed by atoms with E-state index in [1.807, 2.05) is 31.2 Å². The van der Waals surface area contributed by atoms with Gasteiger partial charge in [-0.1, -0.05) is 41.6 Å². The molecular formula is C18H15ClN2O2S. The Balaban J connectivity index is 2.32. The maximum absolute atomic E-state index is 13.0. The number of ketones is 1. The average molecular weight is 359 g/mol. The van der Waals surface area contributed by atoms with Crippen LogP contribution >= 0.6 is 23.4 Å². The van der Waals surface area contributed by atoms with Crippen LogP contribution in [0.3, 0.4) is 0 Å². The Hall–Kier alpha value is -2.11.